The minimum atomic E-state index is -0.140. The number of carbonyl (C=O) groups excluding carboxylic acids is 1. The number of nitrogens with zero attached hydrogens (tertiary/aromatic N) is 2. The number of fused-ring (bicyclic) bond motifs is 1. The maximum atomic E-state index is 13.4. The fourth-order valence-corrected chi connectivity index (χ4v) is 5.23. The van der Waals surface area contributed by atoms with E-state index in [-0.39, 0.29) is 17.2 Å². The summed E-state index contributed by atoms with van der Waals surface area (Å²) >= 11 is 2.70. The first-order chi connectivity index (χ1) is 15.6. The Labute approximate surface area is 194 Å². The molecule has 0 aliphatic carbocycles. The number of hydrogen-bond acceptors (Lipinski definition) is 5. The molecule has 162 valence electrons. The highest BCUT2D eigenvalue weighted by molar-refractivity contribution is 7.99. The van der Waals surface area contributed by atoms with E-state index in [0.717, 1.165) is 28.8 Å². The van der Waals surface area contributed by atoms with Gasteiger partial charge in [-0.05, 0) is 29.7 Å². The van der Waals surface area contributed by atoms with Crippen LogP contribution in [0.2, 0.25) is 0 Å². The van der Waals surface area contributed by atoms with Gasteiger partial charge in [0.05, 0.1) is 11.1 Å². The number of thioether (sulfide) groups is 1. The monoisotopic (exact) mass is 461 g/mol. The second-order valence-corrected chi connectivity index (χ2v) is 8.99. The molecular formula is C25H23N3O2S2. The largest absolute Gasteiger partial charge is 0.325 e. The number of aryl methyl sites for hydroxylation is 1. The minimum Gasteiger partial charge on any atom is -0.325 e. The Balaban J connectivity index is 1.61. The van der Waals surface area contributed by atoms with Gasteiger partial charge >= 0.3 is 0 Å². The predicted molar refractivity (Wildman–Crippen MR) is 135 cm³/mol. The normalized spacial score (nSPS) is 10.9. The molecule has 0 saturated carbocycles. The molecule has 1 N–H and O–H groups in total. The van der Waals surface area contributed by atoms with E-state index in [1.807, 2.05) is 60.0 Å². The van der Waals surface area contributed by atoms with Crippen LogP contribution < -0.4 is 10.9 Å². The van der Waals surface area contributed by atoms with Crippen molar-refractivity contribution in [2.75, 3.05) is 11.1 Å². The third-order valence-electron chi connectivity index (χ3n) is 5.01. The van der Waals surface area contributed by atoms with Crippen molar-refractivity contribution in [1.29, 1.82) is 0 Å². The van der Waals surface area contributed by atoms with Gasteiger partial charge in [0, 0.05) is 23.2 Å². The average molecular weight is 462 g/mol. The van der Waals surface area contributed by atoms with Crippen LogP contribution in [0, 0.1) is 0 Å². The average Bonchev–Trinajstić information content (AvgIpc) is 3.25. The lowest BCUT2D eigenvalue weighted by molar-refractivity contribution is -0.113. The lowest BCUT2D eigenvalue weighted by Gasteiger charge is -2.11. The van der Waals surface area contributed by atoms with Crippen LogP contribution in [-0.4, -0.2) is 21.2 Å². The van der Waals surface area contributed by atoms with Gasteiger partial charge < -0.3 is 5.32 Å². The number of hydrogen-bond donors (Lipinski definition) is 1. The number of thiophene rings is 1. The molecule has 0 aliphatic heterocycles. The van der Waals surface area contributed by atoms with Crippen molar-refractivity contribution in [1.82, 2.24) is 9.55 Å². The summed E-state index contributed by atoms with van der Waals surface area (Å²) in [6.45, 7) is 6.18. The number of aromatic nitrogens is 2. The summed E-state index contributed by atoms with van der Waals surface area (Å²) in [7, 11) is 0. The van der Waals surface area contributed by atoms with Crippen LogP contribution in [0.4, 0.5) is 5.69 Å². The van der Waals surface area contributed by atoms with Gasteiger partial charge in [-0.25, -0.2) is 4.98 Å². The molecule has 2 aromatic carbocycles. The number of carbonyl (C=O) groups is 1. The van der Waals surface area contributed by atoms with E-state index in [4.69, 9.17) is 4.98 Å². The number of anilines is 1. The Bertz CT molecular complexity index is 1330. The summed E-state index contributed by atoms with van der Waals surface area (Å²) in [5.41, 5.74) is 3.68. The number of nitrogens with one attached hydrogen (secondary N) is 1. The molecule has 5 nitrogen and oxygen atoms in total. The first kappa shape index (κ1) is 22.0. The van der Waals surface area contributed by atoms with E-state index in [1.165, 1.54) is 23.1 Å². The van der Waals surface area contributed by atoms with E-state index < -0.39 is 0 Å². The maximum Gasteiger partial charge on any atom is 0.263 e. The minimum absolute atomic E-state index is 0.117. The van der Waals surface area contributed by atoms with Crippen molar-refractivity contribution in [3.8, 4) is 11.1 Å². The van der Waals surface area contributed by atoms with Crippen molar-refractivity contribution < 1.29 is 4.79 Å². The number of amides is 1. The van der Waals surface area contributed by atoms with Crippen LogP contribution in [0.1, 0.15) is 12.5 Å². The molecule has 0 atom stereocenters. The lowest BCUT2D eigenvalue weighted by atomic mass is 10.1. The predicted octanol–water partition coefficient (Wildman–Crippen LogP) is 5.60. The molecule has 0 bridgehead atoms. The van der Waals surface area contributed by atoms with E-state index >= 15 is 0 Å². The summed E-state index contributed by atoms with van der Waals surface area (Å²) in [5.74, 6) is 0.0152. The van der Waals surface area contributed by atoms with E-state index in [1.54, 1.807) is 10.6 Å². The number of benzene rings is 2. The van der Waals surface area contributed by atoms with E-state index in [9.17, 15) is 9.59 Å². The highest BCUT2D eigenvalue weighted by Gasteiger charge is 2.17. The highest BCUT2D eigenvalue weighted by atomic mass is 32.2. The van der Waals surface area contributed by atoms with Gasteiger partial charge in [0.2, 0.25) is 5.91 Å². The Morgan fingerprint density at radius 2 is 2.03 bits per heavy atom. The van der Waals surface area contributed by atoms with Crippen molar-refractivity contribution in [3.05, 3.63) is 88.5 Å². The highest BCUT2D eigenvalue weighted by Crippen LogP contribution is 2.32. The molecule has 0 fully saturated rings. The molecule has 0 aliphatic rings. The molecule has 7 heteroatoms. The Hall–Kier alpha value is -3.16. The zero-order chi connectivity index (χ0) is 22.5. The van der Waals surface area contributed by atoms with Crippen molar-refractivity contribution in [2.45, 2.75) is 25.0 Å². The van der Waals surface area contributed by atoms with Gasteiger partial charge in [-0.3, -0.25) is 14.2 Å². The van der Waals surface area contributed by atoms with Crippen molar-refractivity contribution in [3.63, 3.8) is 0 Å². The van der Waals surface area contributed by atoms with Crippen LogP contribution in [-0.2, 0) is 17.8 Å². The van der Waals surface area contributed by atoms with E-state index in [0.29, 0.717) is 21.9 Å². The van der Waals surface area contributed by atoms with Gasteiger partial charge in [-0.1, -0.05) is 67.2 Å². The molecule has 0 unspecified atom stereocenters. The van der Waals surface area contributed by atoms with Crippen LogP contribution >= 0.6 is 23.1 Å². The molecule has 2 heterocycles. The number of rotatable bonds is 8. The van der Waals surface area contributed by atoms with Crippen molar-refractivity contribution >= 4 is 44.9 Å². The summed E-state index contributed by atoms with van der Waals surface area (Å²) in [4.78, 5) is 31.3. The van der Waals surface area contributed by atoms with Crippen LogP contribution in [0.5, 0.6) is 0 Å². The first-order valence-corrected chi connectivity index (χ1v) is 12.2. The Morgan fingerprint density at radius 1 is 1.22 bits per heavy atom. The summed E-state index contributed by atoms with van der Waals surface area (Å²) in [6.07, 6.45) is 2.58. The summed E-state index contributed by atoms with van der Waals surface area (Å²) in [6, 6.07) is 17.6. The Morgan fingerprint density at radius 3 is 2.78 bits per heavy atom. The SMILES string of the molecule is C=CCn1c(SCC(=O)Nc2cccc(CC)c2)nc2scc(-c3ccccc3)c2c1=O. The molecule has 32 heavy (non-hydrogen) atoms. The molecule has 4 rings (SSSR count). The van der Waals surface area contributed by atoms with E-state index in [2.05, 4.69) is 18.8 Å². The third kappa shape index (κ3) is 4.69. The molecule has 4 aromatic rings. The molecule has 0 spiro atoms. The maximum absolute atomic E-state index is 13.4. The second kappa shape index (κ2) is 9.97. The van der Waals surface area contributed by atoms with Crippen LogP contribution in [0.15, 0.2) is 82.6 Å². The van der Waals surface area contributed by atoms with Gasteiger partial charge in [0.15, 0.2) is 5.16 Å². The number of allylic oxidation sites excluding steroid dienone is 1. The summed E-state index contributed by atoms with van der Waals surface area (Å²) < 4.78 is 1.59. The molecule has 0 saturated heterocycles. The fraction of sp³-hybridized carbons (Fsp3) is 0.160. The Kier molecular flexibility index (Phi) is 6.87. The quantitative estimate of drug-likeness (QED) is 0.211. The van der Waals surface area contributed by atoms with Gasteiger partial charge in [0.25, 0.3) is 5.56 Å². The van der Waals surface area contributed by atoms with Gasteiger partial charge in [0.1, 0.15) is 4.83 Å². The van der Waals surface area contributed by atoms with Crippen LogP contribution in [0.3, 0.4) is 0 Å². The molecule has 2 aromatic heterocycles. The van der Waals surface area contributed by atoms with Crippen molar-refractivity contribution in [2.24, 2.45) is 0 Å². The summed E-state index contributed by atoms with van der Waals surface area (Å²) in [5, 5.41) is 6.01. The third-order valence-corrected chi connectivity index (χ3v) is 6.86. The fourth-order valence-electron chi connectivity index (χ4n) is 3.43. The topological polar surface area (TPSA) is 64.0 Å². The zero-order valence-corrected chi connectivity index (χ0v) is 19.3. The lowest BCUT2D eigenvalue weighted by Crippen LogP contribution is -2.23. The molecule has 0 radical (unpaired) electrons. The van der Waals surface area contributed by atoms with Gasteiger partial charge in [-0.15, -0.1) is 17.9 Å². The smallest absolute Gasteiger partial charge is 0.263 e. The van der Waals surface area contributed by atoms with Crippen LogP contribution in [0.25, 0.3) is 21.3 Å². The standard InChI is InChI=1S/C25H23N3O2S2/c1-3-13-28-24(30)22-20(18-10-6-5-7-11-18)15-31-23(22)27-25(28)32-16-21(29)26-19-12-8-9-17(4-2)14-19/h3,5-12,14-15H,1,4,13,16H2,2H3,(H,26,29). The first-order valence-electron chi connectivity index (χ1n) is 10.3. The molecule has 1 amide bonds. The van der Waals surface area contributed by atoms with Gasteiger partial charge in [-0.2, -0.15) is 0 Å². The zero-order valence-electron chi connectivity index (χ0n) is 17.7. The second-order valence-electron chi connectivity index (χ2n) is 7.19. The molecular weight excluding hydrogens is 438 g/mol.